The highest BCUT2D eigenvalue weighted by molar-refractivity contribution is 6.29. The summed E-state index contributed by atoms with van der Waals surface area (Å²) in [6.45, 7) is 0.879. The molecule has 1 aromatic heterocycles. The zero-order chi connectivity index (χ0) is 11.7. The molecule has 1 aromatic carbocycles. The van der Waals surface area contributed by atoms with Gasteiger partial charge < -0.3 is 0 Å². The molecule has 0 fully saturated rings. The fourth-order valence-electron chi connectivity index (χ4n) is 2.28. The van der Waals surface area contributed by atoms with Gasteiger partial charge in [-0.2, -0.15) is 0 Å². The molecule has 0 spiro atoms. The second-order valence-corrected chi connectivity index (χ2v) is 4.56. The van der Waals surface area contributed by atoms with Crippen molar-refractivity contribution in [3.63, 3.8) is 0 Å². The van der Waals surface area contributed by atoms with Gasteiger partial charge in [-0.15, -0.1) is 0 Å². The normalized spacial score (nSPS) is 18.8. The molecule has 2 aromatic rings. The monoisotopic (exact) mass is 243 g/mol. The maximum Gasteiger partial charge on any atom is 0.129 e. The first kappa shape index (κ1) is 10.8. The van der Waals surface area contributed by atoms with Crippen molar-refractivity contribution < 1.29 is 0 Å². The first-order chi connectivity index (χ1) is 8.34. The number of hydrogen-bond acceptors (Lipinski definition) is 1. The van der Waals surface area contributed by atoms with Gasteiger partial charge in [-0.05, 0) is 29.2 Å². The van der Waals surface area contributed by atoms with Crippen molar-refractivity contribution in [1.29, 1.82) is 0 Å². The molecule has 85 valence electrons. The van der Waals surface area contributed by atoms with Crippen LogP contribution in [0.25, 0.3) is 0 Å². The lowest BCUT2D eigenvalue weighted by molar-refractivity contribution is 0.554. The highest BCUT2D eigenvalue weighted by atomic mass is 35.5. The third-order valence-corrected chi connectivity index (χ3v) is 3.33. The summed E-state index contributed by atoms with van der Waals surface area (Å²) in [6, 6.07) is 12.4. The summed E-state index contributed by atoms with van der Waals surface area (Å²) < 4.78 is 0. The molecule has 0 saturated heterocycles. The van der Waals surface area contributed by atoms with Crippen molar-refractivity contribution in [2.45, 2.75) is 12.5 Å². The third kappa shape index (κ3) is 2.06. The predicted octanol–water partition coefficient (Wildman–Crippen LogP) is 2.98. The van der Waals surface area contributed by atoms with E-state index in [1.807, 2.05) is 18.3 Å². The lowest BCUT2D eigenvalue weighted by Crippen LogP contribution is -2.24. The van der Waals surface area contributed by atoms with E-state index in [2.05, 4.69) is 34.6 Å². The van der Waals surface area contributed by atoms with Gasteiger partial charge in [0.1, 0.15) is 5.15 Å². The summed E-state index contributed by atoms with van der Waals surface area (Å²) in [7, 11) is 0. The third-order valence-electron chi connectivity index (χ3n) is 3.11. The Balaban J connectivity index is 2.03. The van der Waals surface area contributed by atoms with Crippen molar-refractivity contribution in [3.05, 3.63) is 64.4 Å². The molecule has 17 heavy (non-hydrogen) atoms. The first-order valence-corrected chi connectivity index (χ1v) is 6.08. The number of hydrogen-bond donors (Lipinski definition) is 0. The summed E-state index contributed by atoms with van der Waals surface area (Å²) in [4.78, 5) is 4.13. The van der Waals surface area contributed by atoms with Gasteiger partial charge in [-0.1, -0.05) is 41.9 Å². The van der Waals surface area contributed by atoms with Crippen LogP contribution in [-0.2, 0) is 6.42 Å². The van der Waals surface area contributed by atoms with Gasteiger partial charge in [0.15, 0.2) is 0 Å². The Morgan fingerprint density at radius 2 is 2.00 bits per heavy atom. The Bertz CT molecular complexity index is 522. The number of pyridine rings is 1. The predicted molar refractivity (Wildman–Crippen MR) is 68.2 cm³/mol. The number of aromatic nitrogens is 1. The van der Waals surface area contributed by atoms with Crippen LogP contribution in [0.2, 0.25) is 5.15 Å². The molecule has 2 nitrogen and oxygen atoms in total. The average Bonchev–Trinajstić information content (AvgIpc) is 2.39. The van der Waals surface area contributed by atoms with E-state index in [1.54, 1.807) is 0 Å². The number of halogens is 1. The van der Waals surface area contributed by atoms with E-state index in [1.165, 1.54) is 11.1 Å². The molecule has 3 heteroatoms. The fraction of sp³-hybridized carbons (Fsp3) is 0.214. The van der Waals surface area contributed by atoms with Gasteiger partial charge in [0.2, 0.25) is 0 Å². The van der Waals surface area contributed by atoms with Crippen molar-refractivity contribution in [2.75, 3.05) is 6.54 Å². The van der Waals surface area contributed by atoms with E-state index in [4.69, 9.17) is 11.6 Å². The molecule has 1 aliphatic rings. The van der Waals surface area contributed by atoms with Crippen LogP contribution in [0.3, 0.4) is 0 Å². The summed E-state index contributed by atoms with van der Waals surface area (Å²) in [6.07, 6.45) is 2.85. The lowest BCUT2D eigenvalue weighted by atomic mass is 9.91. The van der Waals surface area contributed by atoms with Crippen molar-refractivity contribution in [3.8, 4) is 0 Å². The van der Waals surface area contributed by atoms with Gasteiger partial charge >= 0.3 is 0 Å². The van der Waals surface area contributed by atoms with Gasteiger partial charge in [-0.3, -0.25) is 0 Å². The molecule has 2 heterocycles. The van der Waals surface area contributed by atoms with Gasteiger partial charge in [0.05, 0.1) is 6.04 Å². The van der Waals surface area contributed by atoms with Crippen LogP contribution >= 0.6 is 11.6 Å². The SMILES string of the molecule is Clc1ccc(C2[N]CCc3ccccc32)cn1. The van der Waals surface area contributed by atoms with E-state index in [-0.39, 0.29) is 6.04 Å². The quantitative estimate of drug-likeness (QED) is 0.708. The minimum atomic E-state index is 0.115. The Labute approximate surface area is 106 Å². The van der Waals surface area contributed by atoms with Crippen LogP contribution in [0, 0.1) is 0 Å². The molecule has 1 aliphatic heterocycles. The average molecular weight is 244 g/mol. The molecule has 1 unspecified atom stereocenters. The number of fused-ring (bicyclic) bond motifs is 1. The lowest BCUT2D eigenvalue weighted by Gasteiger charge is -2.25. The van der Waals surface area contributed by atoms with Crippen LogP contribution in [0.1, 0.15) is 22.7 Å². The Morgan fingerprint density at radius 1 is 1.12 bits per heavy atom. The summed E-state index contributed by atoms with van der Waals surface area (Å²) >= 11 is 5.81. The van der Waals surface area contributed by atoms with E-state index in [0.29, 0.717) is 5.15 Å². The molecule has 0 amide bonds. The van der Waals surface area contributed by atoms with Crippen molar-refractivity contribution in [2.24, 2.45) is 0 Å². The second-order valence-electron chi connectivity index (χ2n) is 4.17. The summed E-state index contributed by atoms with van der Waals surface area (Å²) in [5, 5.41) is 5.21. The molecule has 0 N–H and O–H groups in total. The molecular formula is C14H12ClN2. The Hall–Kier alpha value is -1.38. The highest BCUT2D eigenvalue weighted by Gasteiger charge is 2.21. The molecule has 0 bridgehead atoms. The van der Waals surface area contributed by atoms with Crippen molar-refractivity contribution >= 4 is 11.6 Å². The highest BCUT2D eigenvalue weighted by Crippen LogP contribution is 2.29. The van der Waals surface area contributed by atoms with E-state index in [0.717, 1.165) is 18.5 Å². The van der Waals surface area contributed by atoms with Gasteiger partial charge in [-0.25, -0.2) is 10.3 Å². The molecule has 1 atom stereocenters. The van der Waals surface area contributed by atoms with Crippen LogP contribution < -0.4 is 5.32 Å². The smallest absolute Gasteiger partial charge is 0.129 e. The van der Waals surface area contributed by atoms with Crippen LogP contribution in [0.15, 0.2) is 42.6 Å². The molecule has 3 rings (SSSR count). The Morgan fingerprint density at radius 3 is 2.82 bits per heavy atom. The largest absolute Gasteiger partial charge is 0.244 e. The molecule has 0 saturated carbocycles. The number of rotatable bonds is 1. The topological polar surface area (TPSA) is 27.0 Å². The maximum atomic E-state index is 5.81. The standard InChI is InChI=1S/C14H12ClN2/c15-13-6-5-11(9-17-13)14-12-4-2-1-3-10(12)7-8-16-14/h1-6,9,14H,7-8H2. The summed E-state index contributed by atoms with van der Waals surface area (Å²) in [5.74, 6) is 0. The van der Waals surface area contributed by atoms with E-state index >= 15 is 0 Å². The zero-order valence-corrected chi connectivity index (χ0v) is 10.1. The number of benzene rings is 1. The van der Waals surface area contributed by atoms with E-state index in [9.17, 15) is 0 Å². The minimum Gasteiger partial charge on any atom is -0.244 e. The minimum absolute atomic E-state index is 0.115. The first-order valence-electron chi connectivity index (χ1n) is 5.70. The zero-order valence-electron chi connectivity index (χ0n) is 9.31. The van der Waals surface area contributed by atoms with Crippen LogP contribution in [0.4, 0.5) is 0 Å². The fourth-order valence-corrected chi connectivity index (χ4v) is 2.39. The van der Waals surface area contributed by atoms with E-state index < -0.39 is 0 Å². The molecular weight excluding hydrogens is 232 g/mol. The Kier molecular flexibility index (Phi) is 2.83. The molecule has 0 aliphatic carbocycles. The van der Waals surface area contributed by atoms with Crippen LogP contribution in [0.5, 0.6) is 0 Å². The van der Waals surface area contributed by atoms with Gasteiger partial charge in [0.25, 0.3) is 0 Å². The maximum absolute atomic E-state index is 5.81. The van der Waals surface area contributed by atoms with Crippen LogP contribution in [-0.4, -0.2) is 11.5 Å². The molecule has 1 radical (unpaired) electrons. The second kappa shape index (κ2) is 4.47. The summed E-state index contributed by atoms with van der Waals surface area (Å²) in [5.41, 5.74) is 3.80. The number of nitrogens with zero attached hydrogens (tertiary/aromatic N) is 2. The van der Waals surface area contributed by atoms with Gasteiger partial charge in [0, 0.05) is 12.7 Å². The van der Waals surface area contributed by atoms with Crippen molar-refractivity contribution in [1.82, 2.24) is 10.3 Å².